The van der Waals surface area contributed by atoms with Crippen LogP contribution < -0.4 is 5.32 Å². The van der Waals surface area contributed by atoms with Gasteiger partial charge in [-0.1, -0.05) is 36.4 Å². The summed E-state index contributed by atoms with van der Waals surface area (Å²) in [6, 6.07) is 13.4. The van der Waals surface area contributed by atoms with Crippen molar-refractivity contribution in [2.75, 3.05) is 6.54 Å². The lowest BCUT2D eigenvalue weighted by Crippen LogP contribution is -2.33. The van der Waals surface area contributed by atoms with Crippen LogP contribution in [-0.2, 0) is 4.79 Å². The molecule has 0 radical (unpaired) electrons. The molecule has 4 heteroatoms. The van der Waals surface area contributed by atoms with Crippen molar-refractivity contribution in [2.24, 2.45) is 0 Å². The summed E-state index contributed by atoms with van der Waals surface area (Å²) in [5, 5.41) is 15.4. The number of benzene rings is 1. The lowest BCUT2D eigenvalue weighted by atomic mass is 10.0. The predicted molar refractivity (Wildman–Crippen MR) is 91.8 cm³/mol. The molecule has 0 spiro atoms. The summed E-state index contributed by atoms with van der Waals surface area (Å²) in [7, 11) is 0. The first kappa shape index (κ1) is 16.6. The lowest BCUT2D eigenvalue weighted by molar-refractivity contribution is -0.114. The summed E-state index contributed by atoms with van der Waals surface area (Å²) in [6.07, 6.45) is 3.31. The largest absolute Gasteiger partial charge is 0.387 e. The van der Waals surface area contributed by atoms with Gasteiger partial charge in [0.2, 0.25) is 0 Å². The van der Waals surface area contributed by atoms with Gasteiger partial charge in [0.15, 0.2) is 5.78 Å². The first-order valence-electron chi connectivity index (χ1n) is 7.37. The van der Waals surface area contributed by atoms with Crippen LogP contribution in [0.1, 0.15) is 29.9 Å². The van der Waals surface area contributed by atoms with Gasteiger partial charge in [-0.3, -0.25) is 4.79 Å². The van der Waals surface area contributed by atoms with E-state index in [1.165, 1.54) is 0 Å². The van der Waals surface area contributed by atoms with Crippen molar-refractivity contribution in [3.63, 3.8) is 0 Å². The Labute approximate surface area is 135 Å². The maximum Gasteiger partial charge on any atom is 0.157 e. The molecular weight excluding hydrogens is 294 g/mol. The van der Waals surface area contributed by atoms with Crippen molar-refractivity contribution in [1.82, 2.24) is 5.32 Å². The lowest BCUT2D eigenvalue weighted by Gasteiger charge is -2.20. The standard InChI is InChI=1S/C18H21NO2S/c1-14(18(21)15-6-3-2-4-7-15)19-12-11-16(20)9-10-17-8-5-13-22-17/h2-10,13-14,18-19,21H,11-12H2,1H3/b10-9+. The van der Waals surface area contributed by atoms with E-state index in [2.05, 4.69) is 5.32 Å². The summed E-state index contributed by atoms with van der Waals surface area (Å²) >= 11 is 1.61. The van der Waals surface area contributed by atoms with Gasteiger partial charge in [-0.25, -0.2) is 0 Å². The quantitative estimate of drug-likeness (QED) is 0.734. The average Bonchev–Trinajstić information content (AvgIpc) is 3.06. The minimum absolute atomic E-state index is 0.0855. The molecule has 3 nitrogen and oxygen atoms in total. The Morgan fingerprint density at radius 3 is 2.73 bits per heavy atom. The summed E-state index contributed by atoms with van der Waals surface area (Å²) < 4.78 is 0. The van der Waals surface area contributed by atoms with E-state index in [1.807, 2.05) is 60.8 Å². The maximum absolute atomic E-state index is 11.8. The van der Waals surface area contributed by atoms with Crippen molar-refractivity contribution in [2.45, 2.75) is 25.5 Å². The minimum atomic E-state index is -0.571. The molecule has 1 aromatic carbocycles. The second kappa shape index (κ2) is 8.63. The Bertz CT molecular complexity index is 593. The van der Waals surface area contributed by atoms with Gasteiger partial charge >= 0.3 is 0 Å². The smallest absolute Gasteiger partial charge is 0.157 e. The van der Waals surface area contributed by atoms with Gasteiger partial charge in [-0.2, -0.15) is 0 Å². The third-order valence-corrected chi connectivity index (χ3v) is 4.27. The second-order valence-corrected chi connectivity index (χ2v) is 6.14. The van der Waals surface area contributed by atoms with Gasteiger partial charge in [0.05, 0.1) is 6.10 Å². The van der Waals surface area contributed by atoms with Gasteiger partial charge in [-0.15, -0.1) is 11.3 Å². The van der Waals surface area contributed by atoms with E-state index in [0.29, 0.717) is 13.0 Å². The Hall–Kier alpha value is -1.75. The molecule has 0 saturated heterocycles. The van der Waals surface area contributed by atoms with Crippen molar-refractivity contribution in [3.8, 4) is 0 Å². The first-order chi connectivity index (χ1) is 10.7. The Balaban J connectivity index is 1.72. The number of nitrogens with one attached hydrogen (secondary N) is 1. The SMILES string of the molecule is CC(NCCC(=O)/C=C/c1cccs1)C(O)c1ccccc1. The predicted octanol–water partition coefficient (Wildman–Crippen LogP) is 3.43. The molecule has 1 aromatic heterocycles. The van der Waals surface area contributed by atoms with Crippen molar-refractivity contribution < 1.29 is 9.90 Å². The topological polar surface area (TPSA) is 49.3 Å². The van der Waals surface area contributed by atoms with E-state index in [0.717, 1.165) is 10.4 Å². The Morgan fingerprint density at radius 2 is 2.05 bits per heavy atom. The van der Waals surface area contributed by atoms with Crippen LogP contribution >= 0.6 is 11.3 Å². The zero-order valence-corrected chi connectivity index (χ0v) is 13.4. The zero-order chi connectivity index (χ0) is 15.8. The summed E-state index contributed by atoms with van der Waals surface area (Å²) in [5.41, 5.74) is 0.881. The van der Waals surface area contributed by atoms with Crippen LogP contribution in [-0.4, -0.2) is 23.5 Å². The summed E-state index contributed by atoms with van der Waals surface area (Å²) in [6.45, 7) is 2.47. The third kappa shape index (κ3) is 5.22. The van der Waals surface area contributed by atoms with Gasteiger partial charge in [0.1, 0.15) is 0 Å². The molecular formula is C18H21NO2S. The molecule has 2 N–H and O–H groups in total. The number of rotatable bonds is 8. The second-order valence-electron chi connectivity index (χ2n) is 5.16. The molecule has 0 aliphatic rings. The molecule has 2 unspecified atom stereocenters. The van der Waals surface area contributed by atoms with Gasteiger partial charge in [0.25, 0.3) is 0 Å². The molecule has 0 amide bonds. The number of allylic oxidation sites excluding steroid dienone is 1. The normalized spacial score (nSPS) is 14.1. The van der Waals surface area contributed by atoms with E-state index in [4.69, 9.17) is 0 Å². The minimum Gasteiger partial charge on any atom is -0.387 e. The summed E-state index contributed by atoms with van der Waals surface area (Å²) in [4.78, 5) is 12.9. The number of aliphatic hydroxyl groups excluding tert-OH is 1. The van der Waals surface area contributed by atoms with E-state index in [9.17, 15) is 9.90 Å². The van der Waals surface area contributed by atoms with Crippen molar-refractivity contribution in [1.29, 1.82) is 0 Å². The molecule has 2 atom stereocenters. The molecule has 2 rings (SSSR count). The highest BCUT2D eigenvalue weighted by molar-refractivity contribution is 7.10. The van der Waals surface area contributed by atoms with Crippen LogP contribution in [0.3, 0.4) is 0 Å². The van der Waals surface area contributed by atoms with Crippen LogP contribution in [0.4, 0.5) is 0 Å². The molecule has 2 aromatic rings. The Morgan fingerprint density at radius 1 is 1.27 bits per heavy atom. The van der Waals surface area contributed by atoms with E-state index in [-0.39, 0.29) is 11.8 Å². The highest BCUT2D eigenvalue weighted by atomic mass is 32.1. The number of thiophene rings is 1. The maximum atomic E-state index is 11.8. The Kier molecular flexibility index (Phi) is 6.52. The number of hydrogen-bond acceptors (Lipinski definition) is 4. The highest BCUT2D eigenvalue weighted by Gasteiger charge is 2.15. The highest BCUT2D eigenvalue weighted by Crippen LogP contribution is 2.16. The molecule has 116 valence electrons. The molecule has 0 saturated carbocycles. The van der Waals surface area contributed by atoms with Gasteiger partial charge in [0, 0.05) is 23.9 Å². The van der Waals surface area contributed by atoms with Gasteiger partial charge in [-0.05, 0) is 36.1 Å². The summed E-state index contributed by atoms with van der Waals surface area (Å²) in [5.74, 6) is 0.0855. The fraction of sp³-hybridized carbons (Fsp3) is 0.278. The number of ketones is 1. The third-order valence-electron chi connectivity index (χ3n) is 3.43. The van der Waals surface area contributed by atoms with Crippen LogP contribution in [0.15, 0.2) is 53.9 Å². The number of aliphatic hydroxyl groups is 1. The van der Waals surface area contributed by atoms with Crippen LogP contribution in [0, 0.1) is 0 Å². The molecule has 0 fully saturated rings. The van der Waals surface area contributed by atoms with E-state index >= 15 is 0 Å². The van der Waals surface area contributed by atoms with Crippen LogP contribution in [0.25, 0.3) is 6.08 Å². The van der Waals surface area contributed by atoms with Gasteiger partial charge < -0.3 is 10.4 Å². The van der Waals surface area contributed by atoms with Crippen molar-refractivity contribution >= 4 is 23.2 Å². The average molecular weight is 315 g/mol. The van der Waals surface area contributed by atoms with E-state index < -0.39 is 6.10 Å². The monoisotopic (exact) mass is 315 g/mol. The zero-order valence-electron chi connectivity index (χ0n) is 12.6. The van der Waals surface area contributed by atoms with Crippen LogP contribution in [0.5, 0.6) is 0 Å². The van der Waals surface area contributed by atoms with E-state index in [1.54, 1.807) is 17.4 Å². The number of carbonyl (C=O) groups is 1. The number of carbonyl (C=O) groups excluding carboxylic acids is 1. The molecule has 0 aliphatic heterocycles. The molecule has 0 bridgehead atoms. The fourth-order valence-electron chi connectivity index (χ4n) is 2.12. The molecule has 0 aliphatic carbocycles. The van der Waals surface area contributed by atoms with Crippen LogP contribution in [0.2, 0.25) is 0 Å². The number of hydrogen-bond donors (Lipinski definition) is 2. The first-order valence-corrected chi connectivity index (χ1v) is 8.25. The molecule has 1 heterocycles. The fourth-order valence-corrected chi connectivity index (χ4v) is 2.74. The molecule has 22 heavy (non-hydrogen) atoms. The van der Waals surface area contributed by atoms with Crippen molar-refractivity contribution in [3.05, 3.63) is 64.4 Å².